The van der Waals surface area contributed by atoms with Crippen LogP contribution in [0.25, 0.3) is 0 Å². The molecule has 0 aromatic heterocycles. The van der Waals surface area contributed by atoms with Gasteiger partial charge in [0.1, 0.15) is 5.60 Å². The Hall–Kier alpha value is -2.62. The first-order valence-corrected chi connectivity index (χ1v) is 8.32. The van der Waals surface area contributed by atoms with E-state index in [1.165, 1.54) is 0 Å². The van der Waals surface area contributed by atoms with Crippen LogP contribution < -0.4 is 0 Å². The van der Waals surface area contributed by atoms with Gasteiger partial charge < -0.3 is 9.84 Å². The molecule has 0 fully saturated rings. The van der Waals surface area contributed by atoms with Gasteiger partial charge >= 0.3 is 11.9 Å². The van der Waals surface area contributed by atoms with Crippen molar-refractivity contribution in [1.29, 1.82) is 0 Å². The molecule has 0 saturated carbocycles. The summed E-state index contributed by atoms with van der Waals surface area (Å²) in [6.45, 7) is 5.42. The van der Waals surface area contributed by atoms with Crippen molar-refractivity contribution in [2.24, 2.45) is 0 Å². The lowest BCUT2D eigenvalue weighted by Gasteiger charge is -2.29. The Balaban J connectivity index is 2.50. The van der Waals surface area contributed by atoms with Crippen molar-refractivity contribution in [3.8, 4) is 0 Å². The molecule has 2 aromatic carbocycles. The largest absolute Gasteiger partial charge is 0.481 e. The molecule has 0 aliphatic rings. The maximum atomic E-state index is 12.9. The summed E-state index contributed by atoms with van der Waals surface area (Å²) in [4.78, 5) is 24.4. The molecule has 0 heterocycles. The van der Waals surface area contributed by atoms with E-state index in [1.807, 2.05) is 81.4 Å². The number of carboxylic acids is 1. The Kier molecular flexibility index (Phi) is 5.97. The monoisotopic (exact) mass is 340 g/mol. The topological polar surface area (TPSA) is 63.6 Å². The molecule has 25 heavy (non-hydrogen) atoms. The Bertz CT molecular complexity index is 702. The van der Waals surface area contributed by atoms with Crippen molar-refractivity contribution in [2.45, 2.75) is 44.6 Å². The van der Waals surface area contributed by atoms with Gasteiger partial charge in [-0.2, -0.15) is 0 Å². The number of hydrogen-bond donors (Lipinski definition) is 1. The average molecular weight is 340 g/mol. The molecule has 2 atom stereocenters. The normalized spacial score (nSPS) is 13.7. The molecule has 0 spiro atoms. The van der Waals surface area contributed by atoms with Crippen LogP contribution in [0.2, 0.25) is 0 Å². The molecular weight excluding hydrogens is 316 g/mol. The van der Waals surface area contributed by atoms with Crippen LogP contribution in [0.3, 0.4) is 0 Å². The molecule has 2 rings (SSSR count). The van der Waals surface area contributed by atoms with E-state index in [9.17, 15) is 14.7 Å². The minimum absolute atomic E-state index is 0.150. The second-order valence-electron chi connectivity index (χ2n) is 7.04. The molecule has 2 aromatic rings. The Morgan fingerprint density at radius 1 is 0.920 bits per heavy atom. The molecular formula is C21H24O4. The molecule has 0 unspecified atom stereocenters. The average Bonchev–Trinajstić information content (AvgIpc) is 2.54. The lowest BCUT2D eigenvalue weighted by atomic mass is 9.79. The quantitative estimate of drug-likeness (QED) is 0.793. The lowest BCUT2D eigenvalue weighted by molar-refractivity contribution is -0.157. The molecule has 0 amide bonds. The van der Waals surface area contributed by atoms with E-state index in [1.54, 1.807) is 0 Å². The fourth-order valence-electron chi connectivity index (χ4n) is 2.87. The molecule has 0 radical (unpaired) electrons. The van der Waals surface area contributed by atoms with Crippen LogP contribution in [-0.4, -0.2) is 22.6 Å². The van der Waals surface area contributed by atoms with Crippen LogP contribution in [0.4, 0.5) is 0 Å². The highest BCUT2D eigenvalue weighted by atomic mass is 16.6. The number of ether oxygens (including phenoxy) is 1. The summed E-state index contributed by atoms with van der Waals surface area (Å²) in [5.74, 6) is -2.54. The summed E-state index contributed by atoms with van der Waals surface area (Å²) < 4.78 is 5.61. The van der Waals surface area contributed by atoms with E-state index < -0.39 is 29.4 Å². The number of carbonyl (C=O) groups excluding carboxylic acids is 1. The zero-order chi connectivity index (χ0) is 18.4. The van der Waals surface area contributed by atoms with Crippen molar-refractivity contribution < 1.29 is 19.4 Å². The van der Waals surface area contributed by atoms with E-state index in [2.05, 4.69) is 0 Å². The summed E-state index contributed by atoms with van der Waals surface area (Å²) >= 11 is 0. The fraction of sp³-hybridized carbons (Fsp3) is 0.333. The number of aliphatic carboxylic acids is 1. The van der Waals surface area contributed by atoms with Crippen molar-refractivity contribution >= 4 is 11.9 Å². The molecule has 0 saturated heterocycles. The van der Waals surface area contributed by atoms with E-state index in [4.69, 9.17) is 4.74 Å². The van der Waals surface area contributed by atoms with Gasteiger partial charge in [-0.3, -0.25) is 9.59 Å². The number of esters is 1. The van der Waals surface area contributed by atoms with Gasteiger partial charge in [0.15, 0.2) is 0 Å². The predicted molar refractivity (Wildman–Crippen MR) is 96.5 cm³/mol. The van der Waals surface area contributed by atoms with E-state index >= 15 is 0 Å². The number of benzene rings is 2. The molecule has 4 nitrogen and oxygen atoms in total. The summed E-state index contributed by atoms with van der Waals surface area (Å²) in [5.41, 5.74) is 0.922. The van der Waals surface area contributed by atoms with Crippen LogP contribution in [-0.2, 0) is 14.3 Å². The fourth-order valence-corrected chi connectivity index (χ4v) is 2.87. The van der Waals surface area contributed by atoms with Gasteiger partial charge in [0.25, 0.3) is 0 Å². The van der Waals surface area contributed by atoms with E-state index in [0.29, 0.717) is 0 Å². The van der Waals surface area contributed by atoms with Gasteiger partial charge in [0.05, 0.1) is 12.3 Å². The third kappa shape index (κ3) is 5.45. The second kappa shape index (κ2) is 7.97. The van der Waals surface area contributed by atoms with E-state index in [0.717, 1.165) is 11.1 Å². The summed E-state index contributed by atoms with van der Waals surface area (Å²) in [7, 11) is 0. The smallest absolute Gasteiger partial charge is 0.314 e. The minimum Gasteiger partial charge on any atom is -0.481 e. The predicted octanol–water partition coefficient (Wildman–Crippen LogP) is 4.37. The highest BCUT2D eigenvalue weighted by Crippen LogP contribution is 2.37. The standard InChI is InChI=1S/C21H24O4/c1-21(2,3)25-20(24)19(16-12-8-5-9-13-16)17(14-18(22)23)15-10-6-4-7-11-15/h4-13,17,19H,14H2,1-3H3,(H,22,23)/t17-,19-/m1/s1. The van der Waals surface area contributed by atoms with Gasteiger partial charge in [-0.25, -0.2) is 0 Å². The first kappa shape index (κ1) is 18.7. The Labute approximate surface area is 148 Å². The maximum absolute atomic E-state index is 12.9. The Morgan fingerprint density at radius 3 is 1.84 bits per heavy atom. The number of rotatable bonds is 6. The molecule has 0 bridgehead atoms. The van der Waals surface area contributed by atoms with Crippen molar-refractivity contribution in [2.75, 3.05) is 0 Å². The molecule has 132 valence electrons. The molecule has 4 heteroatoms. The van der Waals surface area contributed by atoms with Gasteiger partial charge in [0.2, 0.25) is 0 Å². The summed E-state index contributed by atoms with van der Waals surface area (Å²) in [6.07, 6.45) is -0.150. The third-order valence-electron chi connectivity index (χ3n) is 3.84. The molecule has 0 aliphatic carbocycles. The van der Waals surface area contributed by atoms with Crippen LogP contribution in [0.15, 0.2) is 60.7 Å². The molecule has 0 aliphatic heterocycles. The van der Waals surface area contributed by atoms with Crippen LogP contribution in [0.5, 0.6) is 0 Å². The van der Waals surface area contributed by atoms with Crippen molar-refractivity contribution in [1.82, 2.24) is 0 Å². The Morgan fingerprint density at radius 2 is 1.40 bits per heavy atom. The van der Waals surface area contributed by atoms with Crippen LogP contribution >= 0.6 is 0 Å². The van der Waals surface area contributed by atoms with Gasteiger partial charge in [-0.15, -0.1) is 0 Å². The zero-order valence-electron chi connectivity index (χ0n) is 14.8. The van der Waals surface area contributed by atoms with Crippen LogP contribution in [0, 0.1) is 0 Å². The van der Waals surface area contributed by atoms with Crippen molar-refractivity contribution in [3.63, 3.8) is 0 Å². The van der Waals surface area contributed by atoms with Gasteiger partial charge in [0, 0.05) is 5.92 Å². The highest BCUT2D eigenvalue weighted by Gasteiger charge is 2.35. The maximum Gasteiger partial charge on any atom is 0.314 e. The highest BCUT2D eigenvalue weighted by molar-refractivity contribution is 5.81. The number of carbonyl (C=O) groups is 2. The van der Waals surface area contributed by atoms with E-state index in [-0.39, 0.29) is 6.42 Å². The first-order valence-electron chi connectivity index (χ1n) is 8.32. The summed E-state index contributed by atoms with van der Waals surface area (Å²) in [5, 5.41) is 9.40. The molecule has 1 N–H and O–H groups in total. The minimum atomic E-state index is -0.946. The number of hydrogen-bond acceptors (Lipinski definition) is 3. The van der Waals surface area contributed by atoms with Gasteiger partial charge in [-0.1, -0.05) is 60.7 Å². The third-order valence-corrected chi connectivity index (χ3v) is 3.84. The first-order chi connectivity index (χ1) is 11.8. The van der Waals surface area contributed by atoms with Crippen LogP contribution in [0.1, 0.15) is 50.2 Å². The second-order valence-corrected chi connectivity index (χ2v) is 7.04. The lowest BCUT2D eigenvalue weighted by Crippen LogP contribution is -2.31. The summed E-state index contributed by atoms with van der Waals surface area (Å²) in [6, 6.07) is 18.5. The zero-order valence-corrected chi connectivity index (χ0v) is 14.8. The number of carboxylic acid groups (broad SMARTS) is 1. The van der Waals surface area contributed by atoms with Gasteiger partial charge in [-0.05, 0) is 31.9 Å². The SMILES string of the molecule is CC(C)(C)OC(=O)[C@H](c1ccccc1)[C@H](CC(=O)O)c1ccccc1. The van der Waals surface area contributed by atoms with Crippen molar-refractivity contribution in [3.05, 3.63) is 71.8 Å².